The molecule has 5 amide bonds. The average Bonchev–Trinajstić information content (AvgIpc) is 2.88. The van der Waals surface area contributed by atoms with Gasteiger partial charge in [0.15, 0.2) is 0 Å². The number of nitrogens with one attached hydrogen (secondary N) is 5. The van der Waals surface area contributed by atoms with Crippen molar-refractivity contribution in [3.8, 4) is 0 Å². The van der Waals surface area contributed by atoms with E-state index < -0.39 is 60.0 Å². The third-order valence-corrected chi connectivity index (χ3v) is 5.83. The van der Waals surface area contributed by atoms with Crippen LogP contribution in [0.4, 0.5) is 18.9 Å². The maximum atomic E-state index is 13.1. The van der Waals surface area contributed by atoms with E-state index in [-0.39, 0.29) is 43.0 Å². The van der Waals surface area contributed by atoms with Gasteiger partial charge in [-0.1, -0.05) is 13.8 Å². The molecule has 15 heteroatoms. The Balaban J connectivity index is 2.06. The normalized spacial score (nSPS) is 12.7. The highest BCUT2D eigenvalue weighted by atomic mass is 19.4. The highest BCUT2D eigenvalue weighted by molar-refractivity contribution is 5.99. The fourth-order valence-electron chi connectivity index (χ4n) is 3.90. The van der Waals surface area contributed by atoms with Gasteiger partial charge in [-0.05, 0) is 49.8 Å². The third kappa shape index (κ3) is 11.6. The smallest absolute Gasteiger partial charge is 0.423 e. The number of fused-ring (bicyclic) bond motifs is 1. The zero-order chi connectivity index (χ0) is 31.4. The molecule has 0 spiro atoms. The molecular weight excluding hydrogens is 563 g/mol. The minimum Gasteiger partial charge on any atom is -0.423 e. The minimum atomic E-state index is -5.02. The van der Waals surface area contributed by atoms with Crippen molar-refractivity contribution in [2.24, 2.45) is 5.92 Å². The van der Waals surface area contributed by atoms with Crippen molar-refractivity contribution < 1.29 is 41.6 Å². The number of rotatable bonds is 14. The number of halogens is 3. The van der Waals surface area contributed by atoms with Crippen LogP contribution in [0, 0.1) is 5.92 Å². The maximum absolute atomic E-state index is 13.1. The molecule has 2 rings (SSSR count). The second-order valence-electron chi connectivity index (χ2n) is 9.97. The predicted molar refractivity (Wildman–Crippen MR) is 146 cm³/mol. The molecule has 2 atom stereocenters. The Bertz CT molecular complexity index is 1340. The van der Waals surface area contributed by atoms with Gasteiger partial charge in [0.05, 0.1) is 6.54 Å². The van der Waals surface area contributed by atoms with Gasteiger partial charge in [0, 0.05) is 36.7 Å². The molecule has 0 aliphatic carbocycles. The van der Waals surface area contributed by atoms with Crippen LogP contribution < -0.4 is 32.2 Å². The quantitative estimate of drug-likeness (QED) is 0.163. The van der Waals surface area contributed by atoms with Gasteiger partial charge in [-0.25, -0.2) is 4.79 Å². The van der Waals surface area contributed by atoms with Crippen molar-refractivity contribution in [2.45, 2.75) is 64.7 Å². The molecule has 0 saturated carbocycles. The summed E-state index contributed by atoms with van der Waals surface area (Å²) < 4.78 is 42.2. The van der Waals surface area contributed by atoms with Gasteiger partial charge in [0.25, 0.3) is 0 Å². The zero-order valence-corrected chi connectivity index (χ0v) is 23.4. The average molecular weight is 598 g/mol. The minimum absolute atomic E-state index is 0.0159. The highest BCUT2D eigenvalue weighted by Gasteiger charge is 2.38. The standard InChI is InChI=1S/C27H34F3N5O7/c1-15(2)12-20(33-16(3)36)24(39)32-14-22(37)35-19(6-4-5-11-31-26(41)27(28,29)30)25(40)34-18-9-7-17-8-10-23(38)42-21(17)13-18/h7-10,13,15,19-20H,4-6,11-12,14H2,1-3H3,(H,31,41)(H,32,39)(H,33,36)(H,34,40)(H,35,37)/t19-,20-/m0/s1. The molecule has 0 fully saturated rings. The van der Waals surface area contributed by atoms with Crippen LogP contribution >= 0.6 is 0 Å². The Kier molecular flexibility index (Phi) is 12.5. The topological polar surface area (TPSA) is 176 Å². The van der Waals surface area contributed by atoms with Gasteiger partial charge < -0.3 is 31.0 Å². The number of carbonyl (C=O) groups is 5. The summed E-state index contributed by atoms with van der Waals surface area (Å²) in [6.07, 6.45) is -4.48. The second kappa shape index (κ2) is 15.5. The molecule has 1 aromatic carbocycles. The summed E-state index contributed by atoms with van der Waals surface area (Å²) in [5.74, 6) is -4.44. The number of hydrogen-bond donors (Lipinski definition) is 5. The first-order chi connectivity index (χ1) is 19.6. The molecule has 0 saturated heterocycles. The SMILES string of the molecule is CC(=O)N[C@@H](CC(C)C)C(=O)NCC(=O)N[C@@H](CCCCNC(=O)C(F)(F)F)C(=O)Nc1ccc2ccc(=O)oc2c1. The van der Waals surface area contributed by atoms with Crippen molar-refractivity contribution in [1.82, 2.24) is 21.3 Å². The molecule has 1 heterocycles. The lowest BCUT2D eigenvalue weighted by Crippen LogP contribution is -2.51. The number of anilines is 1. The van der Waals surface area contributed by atoms with Crippen molar-refractivity contribution in [2.75, 3.05) is 18.4 Å². The zero-order valence-electron chi connectivity index (χ0n) is 23.4. The van der Waals surface area contributed by atoms with E-state index in [4.69, 9.17) is 4.42 Å². The molecule has 12 nitrogen and oxygen atoms in total. The van der Waals surface area contributed by atoms with Crippen molar-refractivity contribution >= 4 is 46.2 Å². The molecule has 0 bridgehead atoms. The van der Waals surface area contributed by atoms with E-state index in [0.29, 0.717) is 11.8 Å². The number of alkyl halides is 3. The number of benzene rings is 1. The Morgan fingerprint density at radius 1 is 0.905 bits per heavy atom. The number of carbonyl (C=O) groups excluding carboxylic acids is 5. The lowest BCUT2D eigenvalue weighted by Gasteiger charge is -2.21. The Labute approximate surface area is 239 Å². The highest BCUT2D eigenvalue weighted by Crippen LogP contribution is 2.18. The Hall–Kier alpha value is -4.43. The number of amides is 5. The van der Waals surface area contributed by atoms with Gasteiger partial charge >= 0.3 is 17.7 Å². The molecule has 1 aromatic heterocycles. The summed E-state index contributed by atoms with van der Waals surface area (Å²) in [7, 11) is 0. The van der Waals surface area contributed by atoms with E-state index in [1.807, 2.05) is 13.8 Å². The van der Waals surface area contributed by atoms with Crippen molar-refractivity contribution in [1.29, 1.82) is 0 Å². The monoisotopic (exact) mass is 597 g/mol. The summed E-state index contributed by atoms with van der Waals surface area (Å²) in [4.78, 5) is 72.2. The first-order valence-corrected chi connectivity index (χ1v) is 13.2. The van der Waals surface area contributed by atoms with Crippen LogP contribution in [0.5, 0.6) is 0 Å². The first-order valence-electron chi connectivity index (χ1n) is 13.2. The Morgan fingerprint density at radius 3 is 2.24 bits per heavy atom. The van der Waals surface area contributed by atoms with E-state index in [1.165, 1.54) is 19.1 Å². The van der Waals surface area contributed by atoms with E-state index in [0.717, 1.165) is 0 Å². The van der Waals surface area contributed by atoms with Crippen molar-refractivity contribution in [3.05, 3.63) is 40.8 Å². The van der Waals surface area contributed by atoms with Crippen LogP contribution in [0.25, 0.3) is 11.0 Å². The van der Waals surface area contributed by atoms with Crippen LogP contribution in [0.2, 0.25) is 0 Å². The van der Waals surface area contributed by atoms with Gasteiger partial charge in [-0.3, -0.25) is 24.0 Å². The lowest BCUT2D eigenvalue weighted by atomic mass is 10.0. The fraction of sp³-hybridized carbons (Fsp3) is 0.481. The van der Waals surface area contributed by atoms with Crippen LogP contribution in [-0.2, 0) is 24.0 Å². The van der Waals surface area contributed by atoms with Gasteiger partial charge in [-0.15, -0.1) is 0 Å². The first kappa shape index (κ1) is 33.8. The molecule has 0 radical (unpaired) electrons. The second-order valence-corrected chi connectivity index (χ2v) is 9.97. The van der Waals surface area contributed by atoms with E-state index in [2.05, 4.69) is 21.3 Å². The molecule has 2 aromatic rings. The van der Waals surface area contributed by atoms with Gasteiger partial charge in [-0.2, -0.15) is 13.2 Å². The van der Waals surface area contributed by atoms with Crippen molar-refractivity contribution in [3.63, 3.8) is 0 Å². The Morgan fingerprint density at radius 2 is 1.60 bits per heavy atom. The summed E-state index contributed by atoms with van der Waals surface area (Å²) >= 11 is 0. The molecule has 0 unspecified atom stereocenters. The molecule has 42 heavy (non-hydrogen) atoms. The molecule has 230 valence electrons. The maximum Gasteiger partial charge on any atom is 0.471 e. The molecule has 0 aliphatic rings. The summed E-state index contributed by atoms with van der Waals surface area (Å²) in [5, 5.41) is 12.4. The number of unbranched alkanes of at least 4 members (excludes halogenated alkanes) is 1. The lowest BCUT2D eigenvalue weighted by molar-refractivity contribution is -0.173. The molecular formula is C27H34F3N5O7. The van der Waals surface area contributed by atoms with E-state index in [9.17, 15) is 41.9 Å². The molecule has 0 aliphatic heterocycles. The van der Waals surface area contributed by atoms with Gasteiger partial charge in [0.1, 0.15) is 17.7 Å². The summed E-state index contributed by atoms with van der Waals surface area (Å²) in [5.41, 5.74) is -0.136. The summed E-state index contributed by atoms with van der Waals surface area (Å²) in [6, 6.07) is 5.30. The fourth-order valence-corrected chi connectivity index (χ4v) is 3.90. The van der Waals surface area contributed by atoms with Crippen LogP contribution in [0.1, 0.15) is 46.5 Å². The van der Waals surface area contributed by atoms with Crippen LogP contribution in [0.15, 0.2) is 39.5 Å². The third-order valence-electron chi connectivity index (χ3n) is 5.83. The van der Waals surface area contributed by atoms with E-state index >= 15 is 0 Å². The molecule has 5 N–H and O–H groups in total. The number of hydrogen-bond acceptors (Lipinski definition) is 7. The van der Waals surface area contributed by atoms with E-state index in [1.54, 1.807) is 23.5 Å². The largest absolute Gasteiger partial charge is 0.471 e. The van der Waals surface area contributed by atoms with Crippen LogP contribution in [-0.4, -0.2) is 60.9 Å². The predicted octanol–water partition coefficient (Wildman–Crippen LogP) is 1.73. The van der Waals surface area contributed by atoms with Gasteiger partial charge in [0.2, 0.25) is 23.6 Å². The summed E-state index contributed by atoms with van der Waals surface area (Å²) in [6.45, 7) is 4.15. The van der Waals surface area contributed by atoms with Crippen LogP contribution in [0.3, 0.4) is 0 Å².